The van der Waals surface area contributed by atoms with Crippen molar-refractivity contribution in [3.8, 4) is 0 Å². The molecule has 2 aliphatic heterocycles. The van der Waals surface area contributed by atoms with Gasteiger partial charge in [0.05, 0.1) is 16.3 Å². The number of piperidine rings is 1. The summed E-state index contributed by atoms with van der Waals surface area (Å²) in [7, 11) is -2.21. The van der Waals surface area contributed by atoms with E-state index in [2.05, 4.69) is 11.8 Å². The molecule has 0 saturated carbocycles. The molecule has 2 saturated heterocycles. The summed E-state index contributed by atoms with van der Waals surface area (Å²) in [6.45, 7) is 6.91. The molecule has 2 aromatic rings. The minimum atomic E-state index is -3.79. The Hall–Kier alpha value is -2.17. The second kappa shape index (κ2) is 8.76. The van der Waals surface area contributed by atoms with Gasteiger partial charge in [-0.2, -0.15) is 4.31 Å². The van der Waals surface area contributed by atoms with E-state index in [0.717, 1.165) is 26.1 Å². The van der Waals surface area contributed by atoms with Crippen molar-refractivity contribution in [1.82, 2.24) is 18.7 Å². The topological polar surface area (TPSA) is 96.1 Å². The number of fused-ring (bicyclic) bond motifs is 1. The first-order valence-corrected chi connectivity index (χ1v) is 12.4. The van der Waals surface area contributed by atoms with Gasteiger partial charge in [0.1, 0.15) is 0 Å². The maximum absolute atomic E-state index is 13.2. The Morgan fingerprint density at radius 1 is 1.16 bits per heavy atom. The Morgan fingerprint density at radius 2 is 1.90 bits per heavy atom. The zero-order valence-electron chi connectivity index (χ0n) is 18.1. The molecule has 4 rings (SSSR count). The number of carbonyl (C=O) groups excluding carboxylic acids is 1. The van der Waals surface area contributed by atoms with Gasteiger partial charge in [-0.15, -0.1) is 0 Å². The zero-order valence-corrected chi connectivity index (χ0v) is 18.9. The van der Waals surface area contributed by atoms with Crippen molar-refractivity contribution in [2.45, 2.75) is 31.1 Å². The van der Waals surface area contributed by atoms with Crippen molar-refractivity contribution >= 4 is 27.0 Å². The van der Waals surface area contributed by atoms with Crippen LogP contribution >= 0.6 is 0 Å². The molecule has 3 heterocycles. The molecule has 1 amide bonds. The van der Waals surface area contributed by atoms with Crippen molar-refractivity contribution < 1.29 is 17.6 Å². The van der Waals surface area contributed by atoms with Gasteiger partial charge in [-0.3, -0.25) is 14.3 Å². The smallest absolute Gasteiger partial charge is 0.408 e. The van der Waals surface area contributed by atoms with Crippen LogP contribution in [-0.4, -0.2) is 78.8 Å². The number of carbonyl (C=O) groups is 1. The van der Waals surface area contributed by atoms with Crippen molar-refractivity contribution in [2.75, 3.05) is 45.8 Å². The number of nitrogens with zero attached hydrogens (tertiary/aromatic N) is 4. The van der Waals surface area contributed by atoms with E-state index in [1.807, 2.05) is 4.90 Å². The molecular weight excluding hydrogens is 420 g/mol. The third-order valence-electron chi connectivity index (χ3n) is 6.36. The standard InChI is InChI=1S/C21H30N4O5S/c1-3-8-23-10-12-24(13-11-23)20(26)16-5-4-9-25(15-16)31(28,29)17-6-7-18-19(14-17)30-21(27)22(18)2/h6-7,14,16H,3-5,8-13,15H2,1-2H3. The Balaban J connectivity index is 1.47. The number of amides is 1. The lowest BCUT2D eigenvalue weighted by Gasteiger charge is -2.38. The van der Waals surface area contributed by atoms with Crippen molar-refractivity contribution in [3.05, 3.63) is 28.7 Å². The molecule has 31 heavy (non-hydrogen) atoms. The van der Waals surface area contributed by atoms with Gasteiger partial charge in [-0.25, -0.2) is 13.2 Å². The molecule has 1 aromatic carbocycles. The Labute approximate surface area is 182 Å². The molecule has 2 fully saturated rings. The molecule has 0 radical (unpaired) electrons. The Kier molecular flexibility index (Phi) is 6.23. The molecule has 1 unspecified atom stereocenters. The largest absolute Gasteiger partial charge is 0.419 e. The van der Waals surface area contributed by atoms with E-state index in [0.29, 0.717) is 38.0 Å². The highest BCUT2D eigenvalue weighted by Gasteiger charge is 2.36. The van der Waals surface area contributed by atoms with Crippen LogP contribution in [0.3, 0.4) is 0 Å². The first kappa shape index (κ1) is 22.0. The summed E-state index contributed by atoms with van der Waals surface area (Å²) >= 11 is 0. The minimum absolute atomic E-state index is 0.0561. The molecule has 0 bridgehead atoms. The summed E-state index contributed by atoms with van der Waals surface area (Å²) in [6.07, 6.45) is 2.45. The van der Waals surface area contributed by atoms with E-state index in [-0.39, 0.29) is 28.8 Å². The number of oxazole rings is 1. The molecule has 0 aliphatic carbocycles. The van der Waals surface area contributed by atoms with E-state index in [1.54, 1.807) is 13.1 Å². The lowest BCUT2D eigenvalue weighted by molar-refractivity contribution is -0.138. The minimum Gasteiger partial charge on any atom is -0.408 e. The van der Waals surface area contributed by atoms with Crippen LogP contribution in [0, 0.1) is 5.92 Å². The number of hydrogen-bond acceptors (Lipinski definition) is 6. The molecule has 1 atom stereocenters. The highest BCUT2D eigenvalue weighted by molar-refractivity contribution is 7.89. The van der Waals surface area contributed by atoms with E-state index < -0.39 is 15.8 Å². The molecule has 0 N–H and O–H groups in total. The average Bonchev–Trinajstić information content (AvgIpc) is 3.07. The van der Waals surface area contributed by atoms with Crippen molar-refractivity contribution in [1.29, 1.82) is 0 Å². The maximum Gasteiger partial charge on any atom is 0.419 e. The molecule has 0 spiro atoms. The fourth-order valence-corrected chi connectivity index (χ4v) is 6.09. The van der Waals surface area contributed by atoms with E-state index in [1.165, 1.54) is 21.0 Å². The normalized spacial score (nSPS) is 21.6. The lowest BCUT2D eigenvalue weighted by atomic mass is 9.98. The van der Waals surface area contributed by atoms with Gasteiger partial charge >= 0.3 is 5.76 Å². The lowest BCUT2D eigenvalue weighted by Crippen LogP contribution is -2.53. The van der Waals surface area contributed by atoms with E-state index in [4.69, 9.17) is 4.42 Å². The second-order valence-electron chi connectivity index (χ2n) is 8.43. The van der Waals surface area contributed by atoms with Crippen LogP contribution in [0.15, 0.2) is 32.3 Å². The third-order valence-corrected chi connectivity index (χ3v) is 8.22. The number of hydrogen-bond donors (Lipinski definition) is 0. The Bertz CT molecular complexity index is 1110. The second-order valence-corrected chi connectivity index (χ2v) is 10.4. The van der Waals surface area contributed by atoms with Crippen LogP contribution in [-0.2, 0) is 21.9 Å². The first-order chi connectivity index (χ1) is 14.8. The van der Waals surface area contributed by atoms with Crippen LogP contribution in [0.2, 0.25) is 0 Å². The predicted octanol–water partition coefficient (Wildman–Crippen LogP) is 1.09. The fourth-order valence-electron chi connectivity index (χ4n) is 4.55. The quantitative estimate of drug-likeness (QED) is 0.677. The van der Waals surface area contributed by atoms with Gasteiger partial charge in [0.2, 0.25) is 15.9 Å². The number of benzene rings is 1. The van der Waals surface area contributed by atoms with Gasteiger partial charge in [0, 0.05) is 52.4 Å². The summed E-state index contributed by atoms with van der Waals surface area (Å²) in [5, 5.41) is 0. The SMILES string of the molecule is CCCN1CCN(C(=O)C2CCCN(S(=O)(=O)c3ccc4c(c3)oc(=O)n4C)C2)CC1. The summed E-state index contributed by atoms with van der Waals surface area (Å²) in [6, 6.07) is 4.46. The van der Waals surface area contributed by atoms with Crippen LogP contribution in [0.1, 0.15) is 26.2 Å². The third kappa shape index (κ3) is 4.28. The molecular formula is C21H30N4O5S. The number of rotatable bonds is 5. The highest BCUT2D eigenvalue weighted by Crippen LogP contribution is 2.27. The van der Waals surface area contributed by atoms with E-state index >= 15 is 0 Å². The summed E-state index contributed by atoms with van der Waals surface area (Å²) < 4.78 is 34.4. The molecule has 170 valence electrons. The van der Waals surface area contributed by atoms with Crippen LogP contribution < -0.4 is 5.76 Å². The molecule has 10 heteroatoms. The zero-order chi connectivity index (χ0) is 22.2. The summed E-state index contributed by atoms with van der Waals surface area (Å²) in [5.74, 6) is -0.799. The average molecular weight is 451 g/mol. The van der Waals surface area contributed by atoms with Gasteiger partial charge in [-0.1, -0.05) is 6.92 Å². The van der Waals surface area contributed by atoms with Gasteiger partial charge < -0.3 is 9.32 Å². The number of aryl methyl sites for hydroxylation is 1. The summed E-state index contributed by atoms with van der Waals surface area (Å²) in [5.41, 5.74) is 0.779. The predicted molar refractivity (Wildman–Crippen MR) is 116 cm³/mol. The Morgan fingerprint density at radius 3 is 2.61 bits per heavy atom. The van der Waals surface area contributed by atoms with Crippen molar-refractivity contribution in [2.24, 2.45) is 13.0 Å². The number of piperazine rings is 1. The van der Waals surface area contributed by atoms with E-state index in [9.17, 15) is 18.0 Å². The molecule has 9 nitrogen and oxygen atoms in total. The molecule has 2 aliphatic rings. The monoisotopic (exact) mass is 450 g/mol. The van der Waals surface area contributed by atoms with Crippen LogP contribution in [0.4, 0.5) is 0 Å². The van der Waals surface area contributed by atoms with Crippen molar-refractivity contribution in [3.63, 3.8) is 0 Å². The fraction of sp³-hybridized carbons (Fsp3) is 0.619. The number of aromatic nitrogens is 1. The van der Waals surface area contributed by atoms with Crippen LogP contribution in [0.25, 0.3) is 11.1 Å². The van der Waals surface area contributed by atoms with Gasteiger partial charge in [0.15, 0.2) is 5.58 Å². The number of sulfonamides is 1. The summed E-state index contributed by atoms with van der Waals surface area (Å²) in [4.78, 5) is 29.1. The highest BCUT2D eigenvalue weighted by atomic mass is 32.2. The first-order valence-electron chi connectivity index (χ1n) is 10.9. The van der Waals surface area contributed by atoms with Gasteiger partial charge in [0.25, 0.3) is 0 Å². The molecule has 1 aromatic heterocycles. The maximum atomic E-state index is 13.2. The van der Waals surface area contributed by atoms with Gasteiger partial charge in [-0.05, 0) is 37.9 Å². The van der Waals surface area contributed by atoms with Crippen LogP contribution in [0.5, 0.6) is 0 Å².